The molecule has 6 heterocycles. The second kappa shape index (κ2) is 13.5. The van der Waals surface area contributed by atoms with Crippen LogP contribution in [0.4, 0.5) is 26.0 Å². The molecule has 5 aliphatic rings. The van der Waals surface area contributed by atoms with Crippen molar-refractivity contribution in [3.05, 3.63) is 76.7 Å². The molecule has 0 radical (unpaired) electrons. The summed E-state index contributed by atoms with van der Waals surface area (Å²) < 4.78 is 33.2. The van der Waals surface area contributed by atoms with Crippen LogP contribution in [0.25, 0.3) is 11.1 Å². The molecule has 13 heteroatoms. The SMILES string of the molecule is CC(=O)N1CCc2c(c(N3CCCc4cc(-c5cnn(C)c5)c(C(F)F)cc43)nn2C2CCN(C3CCC4(C3)CN(c3ccc(C(=O)O)cc3)C4)CC2)C1. The van der Waals surface area contributed by atoms with Gasteiger partial charge in [-0.25, -0.2) is 13.6 Å². The fourth-order valence-corrected chi connectivity index (χ4v) is 10.1. The summed E-state index contributed by atoms with van der Waals surface area (Å²) in [6.45, 7) is 7.49. The summed E-state index contributed by atoms with van der Waals surface area (Å²) in [5, 5.41) is 18.9. The lowest BCUT2D eigenvalue weighted by Crippen LogP contribution is -2.56. The van der Waals surface area contributed by atoms with E-state index in [-0.39, 0.29) is 17.5 Å². The molecule has 2 saturated heterocycles. The maximum atomic E-state index is 14.7. The van der Waals surface area contributed by atoms with Gasteiger partial charge in [-0.3, -0.25) is 14.2 Å². The number of aromatic nitrogens is 4. The summed E-state index contributed by atoms with van der Waals surface area (Å²) in [7, 11) is 1.79. The number of carbonyl (C=O) groups is 2. The Hall–Kier alpha value is -4.78. The van der Waals surface area contributed by atoms with Gasteiger partial charge >= 0.3 is 5.97 Å². The van der Waals surface area contributed by atoms with Gasteiger partial charge in [0.05, 0.1) is 24.3 Å². The third-order valence-electron chi connectivity index (χ3n) is 13.0. The van der Waals surface area contributed by atoms with Crippen molar-refractivity contribution >= 4 is 29.1 Å². The maximum Gasteiger partial charge on any atom is 0.335 e. The number of piperidine rings is 1. The number of carbonyl (C=O) groups excluding carboxylic acids is 1. The first-order chi connectivity index (χ1) is 26.1. The molecule has 1 spiro atoms. The molecule has 1 N–H and O–H groups in total. The largest absolute Gasteiger partial charge is 0.478 e. The normalized spacial score (nSPS) is 21.4. The number of alkyl halides is 2. The van der Waals surface area contributed by atoms with Crippen LogP contribution in [0.2, 0.25) is 0 Å². The van der Waals surface area contributed by atoms with Crippen LogP contribution >= 0.6 is 0 Å². The van der Waals surface area contributed by atoms with Crippen LogP contribution in [0, 0.1) is 5.41 Å². The lowest BCUT2D eigenvalue weighted by Gasteiger charge is -2.50. The number of aryl methyl sites for hydroxylation is 2. The average Bonchev–Trinajstić information content (AvgIpc) is 3.91. The fourth-order valence-electron chi connectivity index (χ4n) is 10.1. The van der Waals surface area contributed by atoms with E-state index in [4.69, 9.17) is 5.10 Å². The molecular formula is C41H48F2N8O3. The highest BCUT2D eigenvalue weighted by Crippen LogP contribution is 2.49. The number of hydrogen-bond acceptors (Lipinski definition) is 7. The number of hydrogen-bond donors (Lipinski definition) is 1. The van der Waals surface area contributed by atoms with Crippen LogP contribution in [0.5, 0.6) is 0 Å². The predicted molar refractivity (Wildman–Crippen MR) is 201 cm³/mol. The number of amides is 1. The van der Waals surface area contributed by atoms with Gasteiger partial charge in [0, 0.05) is 111 Å². The second-order valence-corrected chi connectivity index (χ2v) is 16.3. The Labute approximate surface area is 314 Å². The molecule has 1 saturated carbocycles. The number of carboxylic acid groups (broad SMARTS) is 1. The van der Waals surface area contributed by atoms with Gasteiger partial charge in [0.1, 0.15) is 0 Å². The zero-order chi connectivity index (χ0) is 37.3. The van der Waals surface area contributed by atoms with Crippen molar-refractivity contribution in [1.82, 2.24) is 29.4 Å². The number of carboxylic acids is 1. The zero-order valence-corrected chi connectivity index (χ0v) is 31.1. The van der Waals surface area contributed by atoms with Crippen molar-refractivity contribution in [3.63, 3.8) is 0 Å². The third-order valence-corrected chi connectivity index (χ3v) is 13.0. The van der Waals surface area contributed by atoms with Crippen molar-refractivity contribution in [3.8, 4) is 11.1 Å². The highest BCUT2D eigenvalue weighted by atomic mass is 19.3. The van der Waals surface area contributed by atoms with E-state index in [1.807, 2.05) is 23.1 Å². The van der Waals surface area contributed by atoms with Crippen molar-refractivity contribution in [2.24, 2.45) is 12.5 Å². The Kier molecular flexibility index (Phi) is 8.74. The molecule has 4 aromatic rings. The van der Waals surface area contributed by atoms with Crippen LogP contribution in [0.3, 0.4) is 0 Å². The standard InChI is InChI=1S/C41H48F2N8O3/c1-26(52)48-17-12-36-35(23-48)39(50-14-3-4-28-18-33(29-21-44-46(2)22-29)34(38(42)43)19-37(28)50)45-51(36)31-10-15-47(16-11-31)32-9-13-41(20-32)24-49(25-41)30-7-5-27(6-8-30)40(53)54/h5-8,18-19,21-22,31-32,38H,3-4,9-17,20,23-25H2,1-2H3,(H,53,54). The van der Waals surface area contributed by atoms with Gasteiger partial charge in [-0.2, -0.15) is 10.2 Å². The van der Waals surface area contributed by atoms with Gasteiger partial charge in [-0.05, 0) is 92.5 Å². The van der Waals surface area contributed by atoms with Crippen molar-refractivity contribution in [2.75, 3.05) is 49.1 Å². The summed E-state index contributed by atoms with van der Waals surface area (Å²) >= 11 is 0. The van der Waals surface area contributed by atoms with Gasteiger partial charge in [-0.15, -0.1) is 0 Å². The smallest absolute Gasteiger partial charge is 0.335 e. The Morgan fingerprint density at radius 3 is 2.44 bits per heavy atom. The molecule has 1 amide bonds. The van der Waals surface area contributed by atoms with Gasteiger partial charge in [-0.1, -0.05) is 0 Å². The van der Waals surface area contributed by atoms with Crippen molar-refractivity contribution in [1.29, 1.82) is 0 Å². The van der Waals surface area contributed by atoms with E-state index >= 15 is 0 Å². The van der Waals surface area contributed by atoms with Crippen molar-refractivity contribution in [2.45, 2.75) is 83.3 Å². The van der Waals surface area contributed by atoms with Gasteiger partial charge in [0.25, 0.3) is 6.43 Å². The fraction of sp³-hybridized carbons (Fsp3) is 0.512. The lowest BCUT2D eigenvalue weighted by molar-refractivity contribution is -0.129. The van der Waals surface area contributed by atoms with Crippen LogP contribution in [-0.2, 0) is 31.2 Å². The Bertz CT molecular complexity index is 2080. The minimum Gasteiger partial charge on any atom is -0.478 e. The number of halogens is 2. The number of rotatable bonds is 7. The van der Waals surface area contributed by atoms with E-state index in [1.165, 1.54) is 25.0 Å². The monoisotopic (exact) mass is 738 g/mol. The number of likely N-dealkylation sites (tertiary alicyclic amines) is 1. The van der Waals surface area contributed by atoms with Crippen molar-refractivity contribution < 1.29 is 23.5 Å². The molecule has 54 heavy (non-hydrogen) atoms. The molecule has 4 aliphatic heterocycles. The average molecular weight is 739 g/mol. The topological polar surface area (TPSA) is 103 Å². The van der Waals surface area contributed by atoms with E-state index in [1.54, 1.807) is 49.2 Å². The van der Waals surface area contributed by atoms with E-state index in [0.29, 0.717) is 47.8 Å². The summed E-state index contributed by atoms with van der Waals surface area (Å²) in [5.41, 5.74) is 7.00. The maximum absolute atomic E-state index is 14.7. The summed E-state index contributed by atoms with van der Waals surface area (Å²) in [5.74, 6) is -0.0579. The molecule has 0 bridgehead atoms. The van der Waals surface area contributed by atoms with Crippen LogP contribution in [0.15, 0.2) is 48.8 Å². The molecule has 2 aromatic carbocycles. The third kappa shape index (κ3) is 6.14. The van der Waals surface area contributed by atoms with Crippen LogP contribution in [0.1, 0.15) is 90.7 Å². The minimum atomic E-state index is -2.64. The number of benzene rings is 2. The Balaban J connectivity index is 0.932. The molecular weight excluding hydrogens is 690 g/mol. The van der Waals surface area contributed by atoms with Gasteiger partial charge in [0.15, 0.2) is 5.82 Å². The summed E-state index contributed by atoms with van der Waals surface area (Å²) in [6.07, 6.45) is 8.80. The van der Waals surface area contributed by atoms with E-state index in [0.717, 1.165) is 86.6 Å². The first-order valence-electron chi connectivity index (χ1n) is 19.5. The first kappa shape index (κ1) is 35.0. The van der Waals surface area contributed by atoms with Crippen LogP contribution in [-0.4, -0.2) is 91.7 Å². The highest BCUT2D eigenvalue weighted by molar-refractivity contribution is 5.88. The van der Waals surface area contributed by atoms with Gasteiger partial charge < -0.3 is 24.7 Å². The summed E-state index contributed by atoms with van der Waals surface area (Å²) in [6, 6.07) is 11.6. The molecule has 2 aromatic heterocycles. The number of nitrogens with zero attached hydrogens (tertiary/aromatic N) is 8. The predicted octanol–water partition coefficient (Wildman–Crippen LogP) is 6.60. The van der Waals surface area contributed by atoms with Gasteiger partial charge in [0.2, 0.25) is 5.91 Å². The first-order valence-corrected chi connectivity index (χ1v) is 19.5. The molecule has 3 fully saturated rings. The minimum absolute atomic E-state index is 0.00242. The van der Waals surface area contributed by atoms with E-state index < -0.39 is 12.4 Å². The molecule has 11 nitrogen and oxygen atoms in total. The highest BCUT2D eigenvalue weighted by Gasteiger charge is 2.49. The van der Waals surface area contributed by atoms with E-state index in [2.05, 4.69) is 24.5 Å². The molecule has 1 aliphatic carbocycles. The molecule has 284 valence electrons. The second-order valence-electron chi connectivity index (χ2n) is 16.3. The number of fused-ring (bicyclic) bond motifs is 2. The van der Waals surface area contributed by atoms with E-state index in [9.17, 15) is 23.5 Å². The lowest BCUT2D eigenvalue weighted by atomic mass is 9.77. The number of anilines is 3. The Morgan fingerprint density at radius 1 is 0.981 bits per heavy atom. The summed E-state index contributed by atoms with van der Waals surface area (Å²) in [4.78, 5) is 33.0. The quantitative estimate of drug-likeness (QED) is 0.226. The molecule has 9 rings (SSSR count). The zero-order valence-electron chi connectivity index (χ0n) is 31.1. The molecule has 1 unspecified atom stereocenters. The van der Waals surface area contributed by atoms with Crippen LogP contribution < -0.4 is 9.80 Å². The molecule has 1 atom stereocenters. The number of aromatic carboxylic acids is 1. The Morgan fingerprint density at radius 2 is 1.76 bits per heavy atom.